The van der Waals surface area contributed by atoms with Gasteiger partial charge in [-0.2, -0.15) is 0 Å². The lowest BCUT2D eigenvalue weighted by atomic mass is 9.86. The van der Waals surface area contributed by atoms with Gasteiger partial charge >= 0.3 is 17.8 Å². The number of carbonyl (C=O) groups is 1. The molecule has 1 atom stereocenters. The zero-order valence-electron chi connectivity index (χ0n) is 11.9. The van der Waals surface area contributed by atoms with E-state index < -0.39 is 0 Å². The van der Waals surface area contributed by atoms with E-state index in [4.69, 9.17) is 4.74 Å². The number of hydrogen-bond acceptors (Lipinski definition) is 3. The first-order chi connectivity index (χ1) is 9.67. The first kappa shape index (κ1) is 14.9. The topological polar surface area (TPSA) is 46.6 Å². The summed E-state index contributed by atoms with van der Waals surface area (Å²) in [5.41, 5.74) is 2.39. The average Bonchev–Trinajstić information content (AvgIpc) is 2.53. The van der Waals surface area contributed by atoms with Crippen molar-refractivity contribution in [2.75, 3.05) is 20.2 Å². The SMILES string of the molecule is COC(=O)N1CCC(c2ccccc2C(C)[S+]=O)CC1. The van der Waals surface area contributed by atoms with E-state index in [1.807, 2.05) is 25.1 Å². The minimum absolute atomic E-state index is 0.0372. The van der Waals surface area contributed by atoms with E-state index in [-0.39, 0.29) is 11.3 Å². The summed E-state index contributed by atoms with van der Waals surface area (Å²) in [6, 6.07) is 8.15. The first-order valence-corrected chi connectivity index (χ1v) is 7.68. The average molecular weight is 294 g/mol. The first-order valence-electron chi connectivity index (χ1n) is 6.87. The van der Waals surface area contributed by atoms with E-state index in [1.54, 1.807) is 4.90 Å². The Morgan fingerprint density at radius 1 is 1.35 bits per heavy atom. The second-order valence-corrected chi connectivity index (χ2v) is 6.00. The number of rotatable bonds is 3. The van der Waals surface area contributed by atoms with Crippen molar-refractivity contribution in [2.24, 2.45) is 0 Å². The van der Waals surface area contributed by atoms with Crippen LogP contribution in [0, 0.1) is 0 Å². The van der Waals surface area contributed by atoms with Crippen LogP contribution in [0.3, 0.4) is 0 Å². The number of ether oxygens (including phenoxy) is 1. The van der Waals surface area contributed by atoms with Crippen LogP contribution in [0.25, 0.3) is 0 Å². The Kier molecular flexibility index (Phi) is 5.06. The van der Waals surface area contributed by atoms with Crippen molar-refractivity contribution in [3.63, 3.8) is 0 Å². The third-order valence-electron chi connectivity index (χ3n) is 3.95. The van der Waals surface area contributed by atoms with E-state index in [0.29, 0.717) is 30.7 Å². The number of likely N-dealkylation sites (tertiary alicyclic amines) is 1. The van der Waals surface area contributed by atoms with Crippen LogP contribution in [0.15, 0.2) is 24.3 Å². The molecule has 0 aliphatic carbocycles. The van der Waals surface area contributed by atoms with Crippen LogP contribution in [-0.2, 0) is 20.6 Å². The number of carbonyl (C=O) groups excluding carboxylic acids is 1. The molecule has 5 heteroatoms. The molecule has 0 saturated carbocycles. The summed E-state index contributed by atoms with van der Waals surface area (Å²) in [5.74, 6) is 0.418. The maximum atomic E-state index is 11.5. The highest BCUT2D eigenvalue weighted by Crippen LogP contribution is 2.33. The van der Waals surface area contributed by atoms with Gasteiger partial charge in [-0.15, -0.1) is 0 Å². The molecule has 1 aromatic rings. The Balaban J connectivity index is 2.11. The second kappa shape index (κ2) is 6.79. The predicted molar refractivity (Wildman–Crippen MR) is 78.9 cm³/mol. The highest BCUT2D eigenvalue weighted by atomic mass is 32.1. The minimum Gasteiger partial charge on any atom is -0.453 e. The smallest absolute Gasteiger partial charge is 0.453 e. The molecule has 0 aromatic heterocycles. The highest BCUT2D eigenvalue weighted by Gasteiger charge is 2.29. The molecule has 4 nitrogen and oxygen atoms in total. The van der Waals surface area contributed by atoms with Crippen LogP contribution in [0.1, 0.15) is 42.1 Å². The summed E-state index contributed by atoms with van der Waals surface area (Å²) >= 11 is 0.631. The molecule has 20 heavy (non-hydrogen) atoms. The van der Waals surface area contributed by atoms with Gasteiger partial charge in [-0.05, 0) is 24.3 Å². The molecule has 1 heterocycles. The summed E-state index contributed by atoms with van der Waals surface area (Å²) in [6.07, 6.45) is 1.59. The fourth-order valence-corrected chi connectivity index (χ4v) is 3.13. The fraction of sp³-hybridized carbons (Fsp3) is 0.533. The molecule has 1 unspecified atom stereocenters. The van der Waals surface area contributed by atoms with Crippen molar-refractivity contribution in [1.29, 1.82) is 0 Å². The maximum Gasteiger partial charge on any atom is 0.466 e. The zero-order chi connectivity index (χ0) is 14.5. The van der Waals surface area contributed by atoms with Crippen molar-refractivity contribution < 1.29 is 13.7 Å². The van der Waals surface area contributed by atoms with Gasteiger partial charge in [0.1, 0.15) is 0 Å². The number of benzene rings is 1. The summed E-state index contributed by atoms with van der Waals surface area (Å²) in [4.78, 5) is 13.2. The molecule has 1 aliphatic heterocycles. The van der Waals surface area contributed by atoms with E-state index in [9.17, 15) is 9.00 Å². The van der Waals surface area contributed by atoms with Crippen molar-refractivity contribution in [3.8, 4) is 0 Å². The quantitative estimate of drug-likeness (QED) is 0.805. The third kappa shape index (κ3) is 3.15. The van der Waals surface area contributed by atoms with Gasteiger partial charge in [-0.3, -0.25) is 0 Å². The second-order valence-electron chi connectivity index (χ2n) is 5.10. The number of methoxy groups -OCH3 is 1. The van der Waals surface area contributed by atoms with Crippen LogP contribution in [0.2, 0.25) is 0 Å². The lowest BCUT2D eigenvalue weighted by Crippen LogP contribution is -2.37. The monoisotopic (exact) mass is 294 g/mol. The molecule has 0 bridgehead atoms. The number of piperidine rings is 1. The van der Waals surface area contributed by atoms with Gasteiger partial charge in [0.05, 0.1) is 7.11 Å². The molecular formula is C15H20NO3S+. The Morgan fingerprint density at radius 3 is 2.60 bits per heavy atom. The molecule has 1 amide bonds. The van der Waals surface area contributed by atoms with Crippen LogP contribution in [0.5, 0.6) is 0 Å². The Hall–Kier alpha value is -1.49. The van der Waals surface area contributed by atoms with Gasteiger partial charge in [0, 0.05) is 29.8 Å². The lowest BCUT2D eigenvalue weighted by Gasteiger charge is -2.31. The van der Waals surface area contributed by atoms with Crippen molar-refractivity contribution in [3.05, 3.63) is 35.4 Å². The molecule has 0 spiro atoms. The Labute approximate surface area is 123 Å². The standard InChI is InChI=1S/C15H20NO3S/c1-11(20-18)13-5-3-4-6-14(13)12-7-9-16(10-8-12)15(17)19-2/h3-6,11-12H,7-10H2,1-2H3/q+1. The highest BCUT2D eigenvalue weighted by molar-refractivity contribution is 7.65. The summed E-state index contributed by atoms with van der Waals surface area (Å²) in [7, 11) is 1.41. The van der Waals surface area contributed by atoms with Gasteiger partial charge in [-0.25, -0.2) is 4.79 Å². The van der Waals surface area contributed by atoms with Crippen molar-refractivity contribution in [1.82, 2.24) is 4.90 Å². The van der Waals surface area contributed by atoms with E-state index in [1.165, 1.54) is 12.7 Å². The number of hydrogen-bond donors (Lipinski definition) is 0. The summed E-state index contributed by atoms with van der Waals surface area (Å²) in [5, 5.41) is -0.0372. The van der Waals surface area contributed by atoms with E-state index in [2.05, 4.69) is 6.07 Å². The zero-order valence-corrected chi connectivity index (χ0v) is 12.7. The van der Waals surface area contributed by atoms with Crippen LogP contribution >= 0.6 is 0 Å². The van der Waals surface area contributed by atoms with E-state index in [0.717, 1.165) is 18.4 Å². The van der Waals surface area contributed by atoms with Crippen molar-refractivity contribution in [2.45, 2.75) is 30.9 Å². The largest absolute Gasteiger partial charge is 0.466 e. The maximum absolute atomic E-state index is 11.5. The summed E-state index contributed by atoms with van der Waals surface area (Å²) < 4.78 is 15.8. The minimum atomic E-state index is -0.250. The summed E-state index contributed by atoms with van der Waals surface area (Å²) in [6.45, 7) is 3.37. The lowest BCUT2D eigenvalue weighted by molar-refractivity contribution is 0.112. The fourth-order valence-electron chi connectivity index (χ4n) is 2.81. The normalized spacial score (nSPS) is 17.6. The number of amides is 1. The van der Waals surface area contributed by atoms with Gasteiger partial charge in [0.2, 0.25) is 0 Å². The van der Waals surface area contributed by atoms with Crippen molar-refractivity contribution >= 4 is 17.8 Å². The van der Waals surface area contributed by atoms with Crippen LogP contribution in [0.4, 0.5) is 4.79 Å². The van der Waals surface area contributed by atoms with Gasteiger partial charge in [0.25, 0.3) is 5.25 Å². The van der Waals surface area contributed by atoms with E-state index >= 15 is 0 Å². The van der Waals surface area contributed by atoms with Gasteiger partial charge in [-0.1, -0.05) is 24.3 Å². The Morgan fingerprint density at radius 2 is 2.00 bits per heavy atom. The van der Waals surface area contributed by atoms with Gasteiger partial charge in [0.15, 0.2) is 0 Å². The number of nitrogens with zero attached hydrogens (tertiary/aromatic N) is 1. The molecule has 1 fully saturated rings. The molecule has 0 N–H and O–H groups in total. The van der Waals surface area contributed by atoms with Crippen LogP contribution in [-0.4, -0.2) is 31.2 Å². The predicted octanol–water partition coefficient (Wildman–Crippen LogP) is 3.12. The molecule has 108 valence electrons. The molecule has 2 rings (SSSR count). The Bertz CT molecular complexity index is 484. The molecule has 0 radical (unpaired) electrons. The molecular weight excluding hydrogens is 274 g/mol. The van der Waals surface area contributed by atoms with Gasteiger partial charge < -0.3 is 9.64 Å². The molecule has 1 saturated heterocycles. The molecule has 1 aliphatic rings. The third-order valence-corrected chi connectivity index (χ3v) is 4.49. The molecule has 1 aromatic carbocycles. The van der Waals surface area contributed by atoms with Crippen LogP contribution < -0.4 is 0 Å².